The van der Waals surface area contributed by atoms with Gasteiger partial charge in [-0.25, -0.2) is 0 Å². The van der Waals surface area contributed by atoms with Gasteiger partial charge in [-0.2, -0.15) is 15.1 Å². The van der Waals surface area contributed by atoms with Crippen LogP contribution in [0.4, 0.5) is 5.95 Å². The van der Waals surface area contributed by atoms with E-state index in [0.717, 1.165) is 6.54 Å². The Morgan fingerprint density at radius 1 is 1.29 bits per heavy atom. The fraction of sp³-hybridized carbons (Fsp3) is 0.333. The Kier molecular flexibility index (Phi) is 3.03. The Balaban J connectivity index is 2.20. The number of hydrogen-bond donors (Lipinski definition) is 1. The van der Waals surface area contributed by atoms with Crippen molar-refractivity contribution in [1.82, 2.24) is 24.7 Å². The maximum atomic E-state index is 5.48. The number of ether oxygens (including phenoxy) is 2. The van der Waals surface area contributed by atoms with Crippen molar-refractivity contribution in [3.05, 3.63) is 12.4 Å². The Morgan fingerprint density at radius 3 is 2.71 bits per heavy atom. The molecule has 8 heteroatoms. The second-order valence-electron chi connectivity index (χ2n) is 3.10. The minimum Gasteiger partial charge on any atom is -0.467 e. The van der Waals surface area contributed by atoms with Crippen molar-refractivity contribution in [1.29, 1.82) is 0 Å². The summed E-state index contributed by atoms with van der Waals surface area (Å²) in [6.07, 6.45) is 3.29. The Bertz CT molecular complexity index is 512. The monoisotopic (exact) mass is 236 g/mol. The van der Waals surface area contributed by atoms with Gasteiger partial charge in [0.1, 0.15) is 0 Å². The molecule has 0 aliphatic rings. The van der Waals surface area contributed by atoms with Gasteiger partial charge in [-0.3, -0.25) is 4.68 Å². The number of aromatic nitrogens is 5. The molecule has 0 aliphatic heterocycles. The first kappa shape index (κ1) is 11.1. The summed E-state index contributed by atoms with van der Waals surface area (Å²) in [4.78, 5) is 11.5. The van der Waals surface area contributed by atoms with Gasteiger partial charge >= 0.3 is 12.0 Å². The lowest BCUT2D eigenvalue weighted by Gasteiger charge is -2.03. The molecule has 17 heavy (non-hydrogen) atoms. The Labute approximate surface area is 97.4 Å². The van der Waals surface area contributed by atoms with E-state index in [1.807, 2.05) is 6.92 Å². The van der Waals surface area contributed by atoms with Crippen LogP contribution < -0.4 is 15.2 Å². The summed E-state index contributed by atoms with van der Waals surface area (Å²) in [6.45, 7) is 2.73. The first-order valence-electron chi connectivity index (χ1n) is 4.97. The van der Waals surface area contributed by atoms with E-state index in [-0.39, 0.29) is 18.0 Å². The molecule has 2 heterocycles. The van der Waals surface area contributed by atoms with Gasteiger partial charge < -0.3 is 15.2 Å². The van der Waals surface area contributed by atoms with E-state index in [9.17, 15) is 0 Å². The number of nitrogen functional groups attached to an aromatic ring is 1. The summed E-state index contributed by atoms with van der Waals surface area (Å²) in [7, 11) is 1.44. The molecule has 0 unspecified atom stereocenters. The quantitative estimate of drug-likeness (QED) is 0.823. The second kappa shape index (κ2) is 4.64. The van der Waals surface area contributed by atoms with Crippen LogP contribution in [-0.2, 0) is 6.54 Å². The van der Waals surface area contributed by atoms with E-state index in [0.29, 0.717) is 5.75 Å². The van der Waals surface area contributed by atoms with E-state index in [2.05, 4.69) is 20.1 Å². The number of anilines is 1. The highest BCUT2D eigenvalue weighted by molar-refractivity contribution is 5.24. The van der Waals surface area contributed by atoms with Crippen LogP contribution in [0, 0.1) is 0 Å². The number of rotatable bonds is 4. The number of hydrogen-bond acceptors (Lipinski definition) is 7. The Hall–Kier alpha value is -2.38. The van der Waals surface area contributed by atoms with Gasteiger partial charge in [-0.1, -0.05) is 0 Å². The van der Waals surface area contributed by atoms with Gasteiger partial charge in [0.2, 0.25) is 5.95 Å². The van der Waals surface area contributed by atoms with Crippen LogP contribution in [-0.4, -0.2) is 31.8 Å². The summed E-state index contributed by atoms with van der Waals surface area (Å²) in [5.41, 5.74) is 5.48. The van der Waals surface area contributed by atoms with Crippen molar-refractivity contribution in [2.75, 3.05) is 12.8 Å². The highest BCUT2D eigenvalue weighted by atomic mass is 16.5. The molecule has 2 rings (SSSR count). The molecule has 0 aliphatic carbocycles. The summed E-state index contributed by atoms with van der Waals surface area (Å²) < 4.78 is 12.0. The predicted molar refractivity (Wildman–Crippen MR) is 58.8 cm³/mol. The van der Waals surface area contributed by atoms with E-state index in [1.165, 1.54) is 7.11 Å². The van der Waals surface area contributed by atoms with Gasteiger partial charge in [0.05, 0.1) is 19.5 Å². The molecular weight excluding hydrogens is 224 g/mol. The number of aryl methyl sites for hydroxylation is 1. The normalized spacial score (nSPS) is 10.2. The lowest BCUT2D eigenvalue weighted by Crippen LogP contribution is -2.02. The lowest BCUT2D eigenvalue weighted by molar-refractivity contribution is 0.360. The largest absolute Gasteiger partial charge is 0.467 e. The summed E-state index contributed by atoms with van der Waals surface area (Å²) in [5.74, 6) is 0.564. The summed E-state index contributed by atoms with van der Waals surface area (Å²) in [5, 5.41) is 4.05. The molecule has 0 radical (unpaired) electrons. The number of nitrogens with zero attached hydrogens (tertiary/aromatic N) is 5. The Morgan fingerprint density at radius 2 is 2.06 bits per heavy atom. The van der Waals surface area contributed by atoms with Gasteiger partial charge in [0.15, 0.2) is 5.75 Å². The van der Waals surface area contributed by atoms with Gasteiger partial charge in [-0.15, -0.1) is 4.98 Å². The second-order valence-corrected chi connectivity index (χ2v) is 3.10. The average Bonchev–Trinajstić information content (AvgIpc) is 2.76. The molecule has 0 saturated heterocycles. The summed E-state index contributed by atoms with van der Waals surface area (Å²) >= 11 is 0. The van der Waals surface area contributed by atoms with Crippen LogP contribution in [0.2, 0.25) is 0 Å². The van der Waals surface area contributed by atoms with Crippen LogP contribution in [0.15, 0.2) is 12.4 Å². The van der Waals surface area contributed by atoms with E-state index < -0.39 is 0 Å². The molecule has 0 aromatic carbocycles. The van der Waals surface area contributed by atoms with Crippen molar-refractivity contribution in [3.63, 3.8) is 0 Å². The zero-order chi connectivity index (χ0) is 12.3. The molecule has 0 bridgehead atoms. The van der Waals surface area contributed by atoms with Crippen molar-refractivity contribution in [2.45, 2.75) is 13.5 Å². The topological polar surface area (TPSA) is 101 Å². The highest BCUT2D eigenvalue weighted by Gasteiger charge is 2.07. The molecule has 8 nitrogen and oxygen atoms in total. The zero-order valence-corrected chi connectivity index (χ0v) is 9.49. The van der Waals surface area contributed by atoms with Gasteiger partial charge in [-0.05, 0) is 6.92 Å². The maximum absolute atomic E-state index is 5.48. The van der Waals surface area contributed by atoms with Crippen LogP contribution in [0.5, 0.6) is 17.8 Å². The third-order valence-corrected chi connectivity index (χ3v) is 1.94. The van der Waals surface area contributed by atoms with Crippen molar-refractivity contribution >= 4 is 5.95 Å². The first-order valence-corrected chi connectivity index (χ1v) is 4.97. The predicted octanol–water partition coefficient (Wildman–Crippen LogP) is 0.471. The number of methoxy groups -OCH3 is 1. The smallest absolute Gasteiger partial charge is 0.330 e. The third kappa shape index (κ3) is 2.60. The molecule has 0 fully saturated rings. The average molecular weight is 236 g/mol. The fourth-order valence-corrected chi connectivity index (χ4v) is 1.17. The summed E-state index contributed by atoms with van der Waals surface area (Å²) in [6, 6.07) is 0.181. The zero-order valence-electron chi connectivity index (χ0n) is 9.49. The van der Waals surface area contributed by atoms with E-state index in [4.69, 9.17) is 15.2 Å². The van der Waals surface area contributed by atoms with Crippen molar-refractivity contribution in [2.24, 2.45) is 0 Å². The van der Waals surface area contributed by atoms with E-state index >= 15 is 0 Å². The number of nitrogens with two attached hydrogens (primary N) is 1. The van der Waals surface area contributed by atoms with Crippen LogP contribution in [0.25, 0.3) is 0 Å². The van der Waals surface area contributed by atoms with Crippen LogP contribution >= 0.6 is 0 Å². The van der Waals surface area contributed by atoms with Gasteiger partial charge in [0.25, 0.3) is 0 Å². The molecule has 0 saturated carbocycles. The maximum Gasteiger partial charge on any atom is 0.330 e. The minimum absolute atomic E-state index is 0.0368. The first-order chi connectivity index (χ1) is 8.21. The van der Waals surface area contributed by atoms with Crippen molar-refractivity contribution < 1.29 is 9.47 Å². The fourth-order valence-electron chi connectivity index (χ4n) is 1.17. The molecule has 0 amide bonds. The van der Waals surface area contributed by atoms with E-state index in [1.54, 1.807) is 17.1 Å². The third-order valence-electron chi connectivity index (χ3n) is 1.94. The SMILES string of the molecule is CCn1cc(Oc2nc(N)nc(OC)n2)cn1. The minimum atomic E-state index is 0.0368. The molecule has 0 atom stereocenters. The lowest BCUT2D eigenvalue weighted by atomic mass is 10.6. The standard InChI is InChI=1S/C9H12N6O2/c1-3-15-5-6(4-11-15)17-9-13-7(10)12-8(14-9)16-2/h4-5H,3H2,1-2H3,(H2,10,12,13,14). The van der Waals surface area contributed by atoms with Crippen molar-refractivity contribution in [3.8, 4) is 17.8 Å². The molecular formula is C9H12N6O2. The van der Waals surface area contributed by atoms with Crippen LogP contribution in [0.1, 0.15) is 6.92 Å². The molecule has 2 aromatic heterocycles. The molecule has 2 aromatic rings. The molecule has 90 valence electrons. The highest BCUT2D eigenvalue weighted by Crippen LogP contribution is 2.18. The van der Waals surface area contributed by atoms with Gasteiger partial charge in [0, 0.05) is 6.54 Å². The molecule has 0 spiro atoms. The molecule has 2 N–H and O–H groups in total. The van der Waals surface area contributed by atoms with Crippen LogP contribution in [0.3, 0.4) is 0 Å².